The van der Waals surface area contributed by atoms with Crippen molar-refractivity contribution in [3.8, 4) is 6.07 Å². The second-order valence-corrected chi connectivity index (χ2v) is 8.77. The third-order valence-electron chi connectivity index (χ3n) is 6.33. The van der Waals surface area contributed by atoms with Crippen LogP contribution < -0.4 is 10.7 Å². The third kappa shape index (κ3) is 5.73. The van der Waals surface area contributed by atoms with Crippen molar-refractivity contribution in [3.05, 3.63) is 82.9 Å². The molecule has 9 heteroatoms. The molecule has 2 aromatic carbocycles. The number of rotatable bonds is 7. The second-order valence-electron chi connectivity index (χ2n) is 8.77. The molecule has 180 valence electrons. The number of nitrogens with zero attached hydrogens (tertiary/aromatic N) is 4. The quantitative estimate of drug-likeness (QED) is 0.489. The summed E-state index contributed by atoms with van der Waals surface area (Å²) in [5.74, 6) is 0.112. The molecule has 0 unspecified atom stereocenters. The van der Waals surface area contributed by atoms with E-state index in [-0.39, 0.29) is 12.6 Å². The van der Waals surface area contributed by atoms with E-state index in [1.165, 1.54) is 28.7 Å². The van der Waals surface area contributed by atoms with E-state index in [0.29, 0.717) is 16.9 Å². The molecule has 2 aliphatic rings. The van der Waals surface area contributed by atoms with Gasteiger partial charge in [-0.25, -0.2) is 14.3 Å². The van der Waals surface area contributed by atoms with Crippen molar-refractivity contribution in [2.45, 2.75) is 44.6 Å². The van der Waals surface area contributed by atoms with Crippen LogP contribution in [0.15, 0.2) is 60.4 Å². The summed E-state index contributed by atoms with van der Waals surface area (Å²) in [6, 6.07) is 16.4. The maximum Gasteiger partial charge on any atom is 0.189 e. The Hall–Kier alpha value is -3.00. The highest BCUT2D eigenvalue weighted by Crippen LogP contribution is 2.24. The monoisotopic (exact) mass is 466 g/mol. The van der Waals surface area contributed by atoms with E-state index < -0.39 is 18.4 Å². The van der Waals surface area contributed by atoms with Crippen LogP contribution in [0.1, 0.15) is 29.5 Å². The number of nitrogens with one attached hydrogen (secondary N) is 2. The minimum Gasteiger partial charge on any atom is -0.374 e. The third-order valence-corrected chi connectivity index (χ3v) is 6.33. The van der Waals surface area contributed by atoms with Crippen LogP contribution in [0.25, 0.3) is 0 Å². The van der Waals surface area contributed by atoms with Gasteiger partial charge in [-0.15, -0.1) is 0 Å². The average molecular weight is 467 g/mol. The normalized spacial score (nSPS) is 23.9. The van der Waals surface area contributed by atoms with Crippen molar-refractivity contribution < 1.29 is 14.6 Å². The maximum absolute atomic E-state index is 13.9. The van der Waals surface area contributed by atoms with Crippen molar-refractivity contribution >= 4 is 0 Å². The Kier molecular flexibility index (Phi) is 7.77. The molecule has 0 bridgehead atoms. The van der Waals surface area contributed by atoms with Gasteiger partial charge in [0.25, 0.3) is 0 Å². The molecule has 0 amide bonds. The lowest BCUT2D eigenvalue weighted by Crippen LogP contribution is -2.58. The number of benzene rings is 2. The molecule has 2 heterocycles. The first-order valence-electron chi connectivity index (χ1n) is 11.5. The summed E-state index contributed by atoms with van der Waals surface area (Å²) < 4.78 is 13.9. The minimum atomic E-state index is -1.15. The molecule has 1 fully saturated rings. The number of aliphatic hydroxyl groups is 2. The number of halogens is 1. The minimum absolute atomic E-state index is 0.0801. The van der Waals surface area contributed by atoms with Crippen molar-refractivity contribution in [2.75, 3.05) is 20.1 Å². The van der Waals surface area contributed by atoms with E-state index >= 15 is 0 Å². The molecule has 3 atom stereocenters. The van der Waals surface area contributed by atoms with Crippen LogP contribution in [-0.2, 0) is 13.1 Å². The molecular weight excluding hydrogens is 435 g/mol. The molecule has 0 radical (unpaired) electrons. The summed E-state index contributed by atoms with van der Waals surface area (Å²) in [6.45, 7) is 2.52. The fraction of sp³-hybridized carbons (Fsp3) is 0.400. The van der Waals surface area contributed by atoms with Gasteiger partial charge in [-0.1, -0.05) is 30.3 Å². The summed E-state index contributed by atoms with van der Waals surface area (Å²) in [7, 11) is 1.60. The van der Waals surface area contributed by atoms with Crippen LogP contribution in [0.2, 0.25) is 0 Å². The Morgan fingerprint density at radius 3 is 2.74 bits per heavy atom. The van der Waals surface area contributed by atoms with Gasteiger partial charge in [-0.3, -0.25) is 5.43 Å². The van der Waals surface area contributed by atoms with E-state index in [1.54, 1.807) is 18.0 Å². The molecule has 4 rings (SSSR count). The summed E-state index contributed by atoms with van der Waals surface area (Å²) in [6.07, 6.45) is 1.43. The van der Waals surface area contributed by atoms with E-state index in [4.69, 9.17) is 0 Å². The number of nitriles is 1. The van der Waals surface area contributed by atoms with Gasteiger partial charge in [0.05, 0.1) is 11.6 Å². The molecule has 2 aliphatic heterocycles. The number of piperidine rings is 1. The summed E-state index contributed by atoms with van der Waals surface area (Å²) >= 11 is 0. The smallest absolute Gasteiger partial charge is 0.189 e. The highest BCUT2D eigenvalue weighted by atomic mass is 19.1. The van der Waals surface area contributed by atoms with Gasteiger partial charge >= 0.3 is 0 Å². The van der Waals surface area contributed by atoms with Gasteiger partial charge in [-0.05, 0) is 55.3 Å². The average Bonchev–Trinajstić information content (AvgIpc) is 2.85. The van der Waals surface area contributed by atoms with Crippen molar-refractivity contribution in [1.29, 1.82) is 5.26 Å². The van der Waals surface area contributed by atoms with Crippen LogP contribution >= 0.6 is 0 Å². The van der Waals surface area contributed by atoms with Crippen LogP contribution in [0, 0.1) is 17.1 Å². The van der Waals surface area contributed by atoms with Gasteiger partial charge in [-0.2, -0.15) is 5.26 Å². The van der Waals surface area contributed by atoms with Crippen molar-refractivity contribution in [1.82, 2.24) is 25.6 Å². The van der Waals surface area contributed by atoms with Gasteiger partial charge in [0, 0.05) is 32.2 Å². The molecule has 0 spiro atoms. The van der Waals surface area contributed by atoms with Gasteiger partial charge in [0.2, 0.25) is 0 Å². The summed E-state index contributed by atoms with van der Waals surface area (Å²) in [5.41, 5.74) is 5.49. The van der Waals surface area contributed by atoms with E-state index in [9.17, 15) is 19.9 Å². The predicted octanol–water partition coefficient (Wildman–Crippen LogP) is 1.64. The van der Waals surface area contributed by atoms with Crippen LogP contribution in [0.3, 0.4) is 0 Å². The van der Waals surface area contributed by atoms with E-state index in [2.05, 4.69) is 34.0 Å². The zero-order chi connectivity index (χ0) is 24.1. The molecule has 8 nitrogen and oxygen atoms in total. The first-order chi connectivity index (χ1) is 16.4. The van der Waals surface area contributed by atoms with Crippen molar-refractivity contribution in [2.24, 2.45) is 0 Å². The molecule has 2 aromatic rings. The number of hydrazine groups is 1. The Bertz CT molecular complexity index is 1040. The highest BCUT2D eigenvalue weighted by molar-refractivity contribution is 5.38. The number of hydrogen-bond donors (Lipinski definition) is 4. The molecule has 4 N–H and O–H groups in total. The molecular formula is C25H31FN6O2. The Balaban J connectivity index is 1.46. The Labute approximate surface area is 199 Å². The number of aliphatic hydroxyl groups excluding tert-OH is 2. The number of likely N-dealkylation sites (N-methyl/N-ethyl adjacent to an activating group) is 1. The lowest BCUT2D eigenvalue weighted by Gasteiger charge is -2.44. The Morgan fingerprint density at radius 2 is 1.97 bits per heavy atom. The zero-order valence-electron chi connectivity index (χ0n) is 19.2. The first kappa shape index (κ1) is 24.1. The van der Waals surface area contributed by atoms with E-state index in [0.717, 1.165) is 32.5 Å². The lowest BCUT2D eigenvalue weighted by molar-refractivity contribution is -0.154. The van der Waals surface area contributed by atoms with E-state index in [1.807, 2.05) is 18.2 Å². The largest absolute Gasteiger partial charge is 0.374 e. The summed E-state index contributed by atoms with van der Waals surface area (Å²) in [5, 5.41) is 36.4. The van der Waals surface area contributed by atoms with Gasteiger partial charge in [0.1, 0.15) is 17.9 Å². The molecule has 0 saturated carbocycles. The Morgan fingerprint density at radius 1 is 1.18 bits per heavy atom. The molecule has 1 saturated heterocycles. The first-order valence-corrected chi connectivity index (χ1v) is 11.5. The molecule has 0 aromatic heterocycles. The van der Waals surface area contributed by atoms with Crippen LogP contribution in [-0.4, -0.2) is 63.8 Å². The van der Waals surface area contributed by atoms with Crippen LogP contribution in [0.4, 0.5) is 4.39 Å². The SMILES string of the molecule is CN1[C@H](O)C=C(N[C@@H]2CCCN(NCc3ccccc3)C2)N(Cc2cc(F)ccc2C#N)[C@H]1O. The summed E-state index contributed by atoms with van der Waals surface area (Å²) in [4.78, 5) is 3.03. The maximum atomic E-state index is 13.9. The second kappa shape index (κ2) is 11.0. The fourth-order valence-corrected chi connectivity index (χ4v) is 4.37. The predicted molar refractivity (Wildman–Crippen MR) is 126 cm³/mol. The number of hydrogen-bond acceptors (Lipinski definition) is 8. The standard InChI is InChI=1S/C25H31FN6O2/c1-30-24(33)13-23(32(25(30)34)16-20-12-21(26)10-9-19(20)14-27)29-22-8-5-11-31(17-22)28-15-18-6-3-2-4-7-18/h2-4,6-7,9-10,12-13,22,24-25,28-29,33-34H,5,8,11,15-17H2,1H3/t22-,24-,25+/m1/s1. The lowest BCUT2D eigenvalue weighted by atomic mass is 10.1. The molecule has 0 aliphatic carbocycles. The zero-order valence-corrected chi connectivity index (χ0v) is 19.2. The fourth-order valence-electron chi connectivity index (χ4n) is 4.37. The van der Waals surface area contributed by atoms with Gasteiger partial charge in [0.15, 0.2) is 6.35 Å². The van der Waals surface area contributed by atoms with Crippen molar-refractivity contribution in [3.63, 3.8) is 0 Å². The topological polar surface area (TPSA) is 98.0 Å². The van der Waals surface area contributed by atoms with Crippen LogP contribution in [0.5, 0.6) is 0 Å². The van der Waals surface area contributed by atoms with Gasteiger partial charge < -0.3 is 20.4 Å². The highest BCUT2D eigenvalue weighted by Gasteiger charge is 2.33. The molecule has 34 heavy (non-hydrogen) atoms.